The van der Waals surface area contributed by atoms with Crippen LogP contribution >= 0.6 is 0 Å². The van der Waals surface area contributed by atoms with Crippen molar-refractivity contribution in [2.75, 3.05) is 6.54 Å². The Balaban J connectivity index is 4.12. The number of carboxylic acids is 1. The molecule has 0 aliphatic heterocycles. The summed E-state index contributed by atoms with van der Waals surface area (Å²) in [7, 11) is 0. The van der Waals surface area contributed by atoms with Gasteiger partial charge in [-0.3, -0.25) is 14.4 Å². The molecule has 0 saturated heterocycles. The maximum Gasteiger partial charge on any atom is 0.322 e. The maximum atomic E-state index is 12.8. The lowest BCUT2D eigenvalue weighted by molar-refractivity contribution is -0.150. The van der Waals surface area contributed by atoms with Crippen LogP contribution in [0.2, 0.25) is 0 Å². The zero-order valence-corrected chi connectivity index (χ0v) is 37.9. The van der Waals surface area contributed by atoms with E-state index in [4.69, 9.17) is 9.84 Å². The number of amides is 1. The second kappa shape index (κ2) is 46.8. The van der Waals surface area contributed by atoms with Crippen molar-refractivity contribution in [1.29, 1.82) is 0 Å². The summed E-state index contributed by atoms with van der Waals surface area (Å²) in [6.45, 7) is 4.11. The van der Waals surface area contributed by atoms with Crippen LogP contribution in [0.4, 0.5) is 0 Å². The van der Waals surface area contributed by atoms with E-state index in [1.807, 2.05) is 0 Å². The second-order valence-electron chi connectivity index (χ2n) is 16.3. The fraction of sp³-hybridized carbons (Fsp3) is 0.750. The number of ether oxygens (including phenoxy) is 1. The highest BCUT2D eigenvalue weighted by atomic mass is 16.5. The van der Waals surface area contributed by atoms with Gasteiger partial charge in [-0.05, 0) is 89.9 Å². The highest BCUT2D eigenvalue weighted by Crippen LogP contribution is 2.18. The summed E-state index contributed by atoms with van der Waals surface area (Å²) in [5.41, 5.74) is 0. The van der Waals surface area contributed by atoms with Gasteiger partial charge in [-0.15, -0.1) is 0 Å². The van der Waals surface area contributed by atoms with E-state index in [0.29, 0.717) is 12.8 Å². The topological polar surface area (TPSA) is 92.7 Å². The van der Waals surface area contributed by atoms with Gasteiger partial charge in [0.2, 0.25) is 5.91 Å². The van der Waals surface area contributed by atoms with E-state index in [2.05, 4.69) is 79.9 Å². The molecule has 0 aromatic rings. The maximum absolute atomic E-state index is 12.8. The highest BCUT2D eigenvalue weighted by Gasteiger charge is 2.14. The zero-order chi connectivity index (χ0) is 42.3. The predicted molar refractivity (Wildman–Crippen MR) is 249 cm³/mol. The number of rotatable bonds is 44. The number of aliphatic carboxylic acids is 1. The van der Waals surface area contributed by atoms with Crippen LogP contribution < -0.4 is 5.32 Å². The molecule has 334 valence electrons. The average Bonchev–Trinajstić information content (AvgIpc) is 3.21. The molecule has 6 heteroatoms. The summed E-state index contributed by atoms with van der Waals surface area (Å²) in [6, 6.07) is 0. The first kappa shape index (κ1) is 55.1. The second-order valence-corrected chi connectivity index (χ2v) is 16.3. The molecule has 0 aliphatic rings. The fourth-order valence-corrected chi connectivity index (χ4v) is 7.09. The van der Waals surface area contributed by atoms with Crippen LogP contribution in [0.25, 0.3) is 0 Å². The Morgan fingerprint density at radius 2 is 0.879 bits per heavy atom. The summed E-state index contributed by atoms with van der Waals surface area (Å²) >= 11 is 0. The summed E-state index contributed by atoms with van der Waals surface area (Å²) in [4.78, 5) is 35.1. The van der Waals surface area contributed by atoms with Gasteiger partial charge >= 0.3 is 11.9 Å². The van der Waals surface area contributed by atoms with E-state index < -0.39 is 5.97 Å². The summed E-state index contributed by atoms with van der Waals surface area (Å²) in [5, 5.41) is 11.1. The van der Waals surface area contributed by atoms with Gasteiger partial charge < -0.3 is 15.2 Å². The Kier molecular flexibility index (Phi) is 44.5. The monoisotopic (exact) mass is 810 g/mol. The lowest BCUT2D eigenvalue weighted by Gasteiger charge is -2.17. The molecule has 0 saturated carbocycles. The van der Waals surface area contributed by atoms with Crippen molar-refractivity contribution in [1.82, 2.24) is 5.32 Å². The average molecular weight is 810 g/mol. The van der Waals surface area contributed by atoms with Gasteiger partial charge in [0.05, 0.1) is 0 Å². The third kappa shape index (κ3) is 45.8. The van der Waals surface area contributed by atoms with Crippen LogP contribution in [0.1, 0.15) is 239 Å². The van der Waals surface area contributed by atoms with Crippen LogP contribution in [0, 0.1) is 0 Å². The molecule has 0 aromatic heterocycles. The molecule has 0 aromatic carbocycles. The van der Waals surface area contributed by atoms with E-state index in [9.17, 15) is 14.4 Å². The third-order valence-electron chi connectivity index (χ3n) is 10.7. The molecule has 1 unspecified atom stereocenters. The standard InChI is InChI=1S/C52H91NO5/c1-3-5-7-9-11-13-15-17-18-19-20-21-22-23-24-25-26-28-30-32-34-39-43-47-52(57)58-49(45-41-37-35-38-42-46-50(54)53-48-51(55)56)44-40-36-33-31-29-27-16-14-12-10-8-6-4-2/h6,8,12,14,19-20,27,29,33,36,49H,3-5,7,9-11,13,15-18,21-26,28,30-32,34-35,37-48H2,1-2H3,(H,53,54)(H,55,56)/b8-6-,14-12-,20-19-,29-27-,36-33-. The third-order valence-corrected chi connectivity index (χ3v) is 10.7. The molecule has 1 amide bonds. The molecule has 6 nitrogen and oxygen atoms in total. The Bertz CT molecular complexity index is 1070. The van der Waals surface area contributed by atoms with Crippen molar-refractivity contribution in [3.63, 3.8) is 0 Å². The molecule has 0 heterocycles. The number of hydrogen-bond donors (Lipinski definition) is 2. The van der Waals surface area contributed by atoms with Gasteiger partial charge in [-0.2, -0.15) is 0 Å². The molecule has 0 radical (unpaired) electrons. The zero-order valence-electron chi connectivity index (χ0n) is 37.9. The first-order valence-corrected chi connectivity index (χ1v) is 24.4. The van der Waals surface area contributed by atoms with Crippen molar-refractivity contribution in [2.24, 2.45) is 0 Å². The van der Waals surface area contributed by atoms with Gasteiger partial charge in [0, 0.05) is 12.8 Å². The summed E-state index contributed by atoms with van der Waals surface area (Å²) < 4.78 is 6.01. The highest BCUT2D eigenvalue weighted by molar-refractivity contribution is 5.80. The number of carbonyl (C=O) groups excluding carboxylic acids is 2. The Hall–Kier alpha value is -2.89. The minimum atomic E-state index is -1.02. The number of carboxylic acid groups (broad SMARTS) is 1. The first-order valence-electron chi connectivity index (χ1n) is 24.4. The van der Waals surface area contributed by atoms with Gasteiger partial charge in [0.1, 0.15) is 12.6 Å². The van der Waals surface area contributed by atoms with Gasteiger partial charge in [0.25, 0.3) is 0 Å². The summed E-state index contributed by atoms with van der Waals surface area (Å²) in [5.74, 6) is -1.28. The van der Waals surface area contributed by atoms with Crippen LogP contribution in [0.15, 0.2) is 60.8 Å². The van der Waals surface area contributed by atoms with Crippen molar-refractivity contribution in [3.8, 4) is 0 Å². The molecule has 0 bridgehead atoms. The molecule has 2 N–H and O–H groups in total. The molecular formula is C52H91NO5. The molecule has 0 aliphatic carbocycles. The lowest BCUT2D eigenvalue weighted by atomic mass is 10.0. The number of esters is 1. The van der Waals surface area contributed by atoms with Crippen molar-refractivity contribution < 1.29 is 24.2 Å². The molecule has 58 heavy (non-hydrogen) atoms. The number of carbonyl (C=O) groups is 3. The number of unbranched alkanes of at least 4 members (excludes halogenated alkanes) is 23. The van der Waals surface area contributed by atoms with E-state index in [0.717, 1.165) is 89.9 Å². The van der Waals surface area contributed by atoms with E-state index in [1.54, 1.807) is 0 Å². The Labute approximate surface area is 358 Å². The minimum Gasteiger partial charge on any atom is -0.480 e. The number of nitrogens with one attached hydrogen (secondary N) is 1. The van der Waals surface area contributed by atoms with Crippen LogP contribution in [-0.4, -0.2) is 35.6 Å². The first-order chi connectivity index (χ1) is 28.5. The van der Waals surface area contributed by atoms with E-state index >= 15 is 0 Å². The van der Waals surface area contributed by atoms with Crippen LogP contribution in [-0.2, 0) is 19.1 Å². The Morgan fingerprint density at radius 3 is 1.38 bits per heavy atom. The van der Waals surface area contributed by atoms with E-state index in [-0.39, 0.29) is 24.5 Å². The fourth-order valence-electron chi connectivity index (χ4n) is 7.09. The molecule has 0 spiro atoms. The molecule has 0 rings (SSSR count). The molecule has 1 atom stereocenters. The molecular weight excluding hydrogens is 719 g/mol. The summed E-state index contributed by atoms with van der Waals surface area (Å²) in [6.07, 6.45) is 62.3. The minimum absolute atomic E-state index is 0.0533. The van der Waals surface area contributed by atoms with E-state index in [1.165, 1.54) is 122 Å². The number of hydrogen-bond acceptors (Lipinski definition) is 4. The van der Waals surface area contributed by atoms with Gasteiger partial charge in [0.15, 0.2) is 0 Å². The normalized spacial score (nSPS) is 12.6. The quantitative estimate of drug-likeness (QED) is 0.0363. The SMILES string of the molecule is CC/C=C\C/C=C\C/C=C\C/C=C\CCC(CCCCCCCC(=O)NCC(=O)O)OC(=O)CCCCCCCCCCCCC/C=C\CCCCCCCCCC. The largest absolute Gasteiger partial charge is 0.480 e. The van der Waals surface area contributed by atoms with Crippen molar-refractivity contribution in [3.05, 3.63) is 60.8 Å². The smallest absolute Gasteiger partial charge is 0.322 e. The van der Waals surface area contributed by atoms with Crippen molar-refractivity contribution >= 4 is 17.8 Å². The van der Waals surface area contributed by atoms with Gasteiger partial charge in [-0.1, -0.05) is 197 Å². The Morgan fingerprint density at radius 1 is 0.466 bits per heavy atom. The molecule has 0 fully saturated rings. The lowest BCUT2D eigenvalue weighted by Crippen LogP contribution is -2.28. The number of allylic oxidation sites excluding steroid dienone is 10. The predicted octanol–water partition coefficient (Wildman–Crippen LogP) is 15.6. The van der Waals surface area contributed by atoms with Gasteiger partial charge in [-0.25, -0.2) is 0 Å². The van der Waals surface area contributed by atoms with Crippen LogP contribution in [0.3, 0.4) is 0 Å². The van der Waals surface area contributed by atoms with Crippen LogP contribution in [0.5, 0.6) is 0 Å². The van der Waals surface area contributed by atoms with Crippen molar-refractivity contribution in [2.45, 2.75) is 245 Å².